The number of likely N-dealkylation sites (N-methyl/N-ethyl adjacent to an activating group) is 1. The highest BCUT2D eigenvalue weighted by Gasteiger charge is 2.30. The van der Waals surface area contributed by atoms with Crippen molar-refractivity contribution in [1.82, 2.24) is 19.4 Å². The number of thiocarbonyl (C=S) groups is 1. The lowest BCUT2D eigenvalue weighted by molar-refractivity contribution is -0.128. The van der Waals surface area contributed by atoms with Crippen molar-refractivity contribution >= 4 is 47.4 Å². The Kier molecular flexibility index (Phi) is 7.00. The number of hydrogen-bond acceptors (Lipinski definition) is 7. The molecule has 0 bridgehead atoms. The van der Waals surface area contributed by atoms with Crippen LogP contribution >= 0.6 is 24.4 Å². The van der Waals surface area contributed by atoms with Crippen LogP contribution in [0.25, 0.3) is 6.08 Å². The standard InChI is InChI=1S/C17H20N4O5S2/c1-19-13(23)10(12(22)18-16(19)27)6-4-7-11-14(24)20(2)17(28)21(15(11)25)8-5-9-26-3/h4,6-7,24H,5,8-9H2,1-3H3,(H,18,22,27)/b7-4+,10-6+. The fraction of sp³-hybridized carbons (Fsp3) is 0.353. The van der Waals surface area contributed by atoms with Crippen molar-refractivity contribution in [1.29, 1.82) is 0 Å². The van der Waals surface area contributed by atoms with Gasteiger partial charge in [0, 0.05) is 34.4 Å². The van der Waals surface area contributed by atoms with Gasteiger partial charge >= 0.3 is 0 Å². The van der Waals surface area contributed by atoms with Gasteiger partial charge < -0.3 is 9.84 Å². The van der Waals surface area contributed by atoms with Gasteiger partial charge in [-0.1, -0.05) is 6.08 Å². The summed E-state index contributed by atoms with van der Waals surface area (Å²) >= 11 is 10.1. The second kappa shape index (κ2) is 9.04. The number of aromatic hydroxyl groups is 1. The van der Waals surface area contributed by atoms with E-state index in [1.165, 1.54) is 41.5 Å². The summed E-state index contributed by atoms with van der Waals surface area (Å²) in [6.07, 6.45) is 4.48. The zero-order chi connectivity index (χ0) is 21.0. The van der Waals surface area contributed by atoms with Crippen LogP contribution in [0.15, 0.2) is 22.5 Å². The molecule has 2 rings (SSSR count). The molecule has 1 aromatic rings. The van der Waals surface area contributed by atoms with E-state index >= 15 is 0 Å². The molecule has 9 nitrogen and oxygen atoms in total. The van der Waals surface area contributed by atoms with Gasteiger partial charge in [-0.2, -0.15) is 0 Å². The molecule has 1 aromatic heterocycles. The Bertz CT molecular complexity index is 1010. The van der Waals surface area contributed by atoms with Crippen LogP contribution in [0.2, 0.25) is 0 Å². The normalized spacial score (nSPS) is 16.3. The molecule has 1 aliphatic heterocycles. The third kappa shape index (κ3) is 4.26. The first-order valence-electron chi connectivity index (χ1n) is 8.24. The zero-order valence-electron chi connectivity index (χ0n) is 15.6. The number of aromatic nitrogens is 2. The van der Waals surface area contributed by atoms with Crippen LogP contribution in [0.5, 0.6) is 5.88 Å². The summed E-state index contributed by atoms with van der Waals surface area (Å²) in [5.74, 6) is -1.51. The highest BCUT2D eigenvalue weighted by Crippen LogP contribution is 2.15. The smallest absolute Gasteiger partial charge is 0.265 e. The largest absolute Gasteiger partial charge is 0.494 e. The molecule has 0 radical (unpaired) electrons. The van der Waals surface area contributed by atoms with Gasteiger partial charge in [0.05, 0.1) is 0 Å². The summed E-state index contributed by atoms with van der Waals surface area (Å²) in [6, 6.07) is 0. The second-order valence-corrected chi connectivity index (χ2v) is 6.70. The number of allylic oxidation sites excluding steroid dienone is 2. The number of ether oxygens (including phenoxy) is 1. The van der Waals surface area contributed by atoms with E-state index in [-0.39, 0.29) is 26.9 Å². The van der Waals surface area contributed by atoms with Crippen LogP contribution < -0.4 is 10.9 Å². The number of nitrogens with zero attached hydrogens (tertiary/aromatic N) is 3. The van der Waals surface area contributed by atoms with Gasteiger partial charge in [0.2, 0.25) is 5.88 Å². The second-order valence-electron chi connectivity index (χ2n) is 5.94. The molecular formula is C17H20N4O5S2. The summed E-state index contributed by atoms with van der Waals surface area (Å²) in [5.41, 5.74) is -0.640. The van der Waals surface area contributed by atoms with Gasteiger partial charge in [-0.3, -0.25) is 33.7 Å². The summed E-state index contributed by atoms with van der Waals surface area (Å²) < 4.78 is 7.82. The first kappa shape index (κ1) is 21.7. The highest BCUT2D eigenvalue weighted by molar-refractivity contribution is 7.80. The van der Waals surface area contributed by atoms with Crippen molar-refractivity contribution in [3.05, 3.63) is 38.4 Å². The highest BCUT2D eigenvalue weighted by atomic mass is 32.1. The Morgan fingerprint density at radius 3 is 2.54 bits per heavy atom. The quantitative estimate of drug-likeness (QED) is 0.296. The SMILES string of the molecule is COCCCn1c(=O)c(/C=C/C=C2\C(=O)NC(=S)N(C)C2=O)c(O)n(C)c1=S. The molecular weight excluding hydrogens is 404 g/mol. The Morgan fingerprint density at radius 2 is 1.89 bits per heavy atom. The van der Waals surface area contributed by atoms with Crippen LogP contribution in [0.1, 0.15) is 12.0 Å². The van der Waals surface area contributed by atoms with E-state index in [2.05, 4.69) is 5.32 Å². The summed E-state index contributed by atoms with van der Waals surface area (Å²) in [4.78, 5) is 37.9. The number of methoxy groups -OCH3 is 1. The fourth-order valence-corrected chi connectivity index (χ4v) is 2.93. The molecule has 150 valence electrons. The van der Waals surface area contributed by atoms with E-state index in [0.29, 0.717) is 19.6 Å². The first-order valence-corrected chi connectivity index (χ1v) is 9.05. The Balaban J connectivity index is 2.41. The molecule has 0 spiro atoms. The first-order chi connectivity index (χ1) is 13.2. The Hall–Kier alpha value is -2.63. The van der Waals surface area contributed by atoms with Crippen molar-refractivity contribution < 1.29 is 19.4 Å². The third-order valence-corrected chi connectivity index (χ3v) is 4.98. The van der Waals surface area contributed by atoms with Crippen LogP contribution in [0, 0.1) is 4.77 Å². The van der Waals surface area contributed by atoms with Gasteiger partial charge in [-0.15, -0.1) is 0 Å². The van der Waals surface area contributed by atoms with Crippen LogP contribution in [-0.2, 0) is 27.9 Å². The third-order valence-electron chi connectivity index (χ3n) is 4.11. The van der Waals surface area contributed by atoms with Gasteiger partial charge in [0.1, 0.15) is 11.1 Å². The molecule has 0 unspecified atom stereocenters. The molecule has 28 heavy (non-hydrogen) atoms. The molecule has 1 fully saturated rings. The van der Waals surface area contributed by atoms with E-state index < -0.39 is 17.4 Å². The van der Waals surface area contributed by atoms with E-state index in [1.54, 1.807) is 7.11 Å². The number of rotatable bonds is 6. The molecule has 0 saturated carbocycles. The average Bonchev–Trinajstić information content (AvgIpc) is 2.66. The number of carbonyl (C=O) groups excluding carboxylic acids is 2. The Morgan fingerprint density at radius 1 is 1.21 bits per heavy atom. The monoisotopic (exact) mass is 424 g/mol. The lowest BCUT2D eigenvalue weighted by Crippen LogP contribution is -2.52. The topological polar surface area (TPSA) is 106 Å². The van der Waals surface area contributed by atoms with E-state index in [1.807, 2.05) is 0 Å². The lowest BCUT2D eigenvalue weighted by atomic mass is 10.1. The number of carbonyl (C=O) groups is 2. The molecule has 0 atom stereocenters. The van der Waals surface area contributed by atoms with Gasteiger partial charge in [-0.25, -0.2) is 0 Å². The molecule has 1 aliphatic rings. The molecule has 11 heteroatoms. The van der Waals surface area contributed by atoms with Crippen molar-refractivity contribution in [3.63, 3.8) is 0 Å². The molecule has 2 amide bonds. The average molecular weight is 425 g/mol. The number of hydrogen-bond donors (Lipinski definition) is 2. The van der Waals surface area contributed by atoms with Crippen LogP contribution in [-0.4, -0.2) is 56.8 Å². The summed E-state index contributed by atoms with van der Waals surface area (Å²) in [6.45, 7) is 0.778. The van der Waals surface area contributed by atoms with Gasteiger partial charge in [0.25, 0.3) is 17.4 Å². The summed E-state index contributed by atoms with van der Waals surface area (Å²) in [7, 11) is 4.53. The van der Waals surface area contributed by atoms with Crippen molar-refractivity contribution in [3.8, 4) is 5.88 Å². The van der Waals surface area contributed by atoms with E-state index in [4.69, 9.17) is 29.2 Å². The van der Waals surface area contributed by atoms with Crippen molar-refractivity contribution in [2.24, 2.45) is 7.05 Å². The molecule has 1 saturated heterocycles. The minimum absolute atomic E-state index is 0.0146. The summed E-state index contributed by atoms with van der Waals surface area (Å²) in [5, 5.41) is 12.7. The van der Waals surface area contributed by atoms with E-state index in [0.717, 1.165) is 4.90 Å². The maximum Gasteiger partial charge on any atom is 0.265 e. The minimum Gasteiger partial charge on any atom is -0.494 e. The van der Waals surface area contributed by atoms with Crippen LogP contribution in [0.4, 0.5) is 0 Å². The van der Waals surface area contributed by atoms with Crippen molar-refractivity contribution in [2.45, 2.75) is 13.0 Å². The lowest BCUT2D eigenvalue weighted by Gasteiger charge is -2.24. The molecule has 2 N–H and O–H groups in total. The fourth-order valence-electron chi connectivity index (χ4n) is 2.50. The predicted molar refractivity (Wildman–Crippen MR) is 109 cm³/mol. The maximum absolute atomic E-state index is 12.7. The van der Waals surface area contributed by atoms with Crippen molar-refractivity contribution in [2.75, 3.05) is 20.8 Å². The molecule has 0 aromatic carbocycles. The predicted octanol–water partition coefficient (Wildman–Crippen LogP) is 0.471. The van der Waals surface area contributed by atoms with Gasteiger partial charge in [0.15, 0.2) is 9.88 Å². The van der Waals surface area contributed by atoms with Crippen LogP contribution in [0.3, 0.4) is 0 Å². The molecule has 0 aliphatic carbocycles. The van der Waals surface area contributed by atoms with Gasteiger partial charge in [-0.05, 0) is 43.0 Å². The maximum atomic E-state index is 12.7. The number of amides is 2. The molecule has 2 heterocycles. The van der Waals surface area contributed by atoms with E-state index in [9.17, 15) is 19.5 Å². The number of nitrogens with one attached hydrogen (secondary N) is 1. The Labute approximate surface area is 171 Å². The zero-order valence-corrected chi connectivity index (χ0v) is 17.2. The minimum atomic E-state index is -0.634.